The van der Waals surface area contributed by atoms with Crippen molar-refractivity contribution in [3.05, 3.63) is 17.3 Å². The number of nitrogens with two attached hydrogens (primary N) is 1. The average molecular weight is 302 g/mol. The summed E-state index contributed by atoms with van der Waals surface area (Å²) in [5.74, 6) is 0.987. The fourth-order valence-corrected chi connectivity index (χ4v) is 3.05. The Hall–Kier alpha value is -1.99. The number of aromatic nitrogens is 3. The first-order valence-corrected chi connectivity index (χ1v) is 7.58. The third kappa shape index (κ3) is 2.95. The fraction of sp³-hybridized carbons (Fsp3) is 0.533. The lowest BCUT2D eigenvalue weighted by atomic mass is 10.1. The number of anilines is 2. The molecule has 0 spiro atoms. The molecule has 0 saturated carbocycles. The van der Waals surface area contributed by atoms with Gasteiger partial charge in [0.2, 0.25) is 5.95 Å². The molecule has 0 aliphatic carbocycles. The molecule has 2 aromatic rings. The quantitative estimate of drug-likeness (QED) is 0.764. The van der Waals surface area contributed by atoms with Crippen molar-refractivity contribution in [2.75, 3.05) is 37.3 Å². The van der Waals surface area contributed by atoms with E-state index in [1.54, 1.807) is 0 Å². The number of β-amino-alcohol motifs (C(OH)–C–C–N with tert-alkyl or cyclic N) is 1. The zero-order valence-corrected chi connectivity index (χ0v) is 13.0. The first-order valence-electron chi connectivity index (χ1n) is 7.58. The summed E-state index contributed by atoms with van der Waals surface area (Å²) in [4.78, 5) is 15.6. The number of hydrogen-bond acceptors (Lipinski definition) is 7. The molecule has 7 nitrogen and oxygen atoms in total. The Kier molecular flexibility index (Phi) is 4.08. The van der Waals surface area contributed by atoms with Gasteiger partial charge < -0.3 is 16.2 Å². The Bertz CT molecular complexity index is 689. The summed E-state index contributed by atoms with van der Waals surface area (Å²) in [6.07, 6.45) is 1.00. The van der Waals surface area contributed by atoms with Crippen LogP contribution in [0.5, 0.6) is 0 Å². The summed E-state index contributed by atoms with van der Waals surface area (Å²) >= 11 is 0. The van der Waals surface area contributed by atoms with Gasteiger partial charge in [0.05, 0.1) is 12.0 Å². The van der Waals surface area contributed by atoms with Crippen LogP contribution in [0.4, 0.5) is 11.8 Å². The second-order valence-corrected chi connectivity index (χ2v) is 5.87. The lowest BCUT2D eigenvalue weighted by molar-refractivity contribution is 0.221. The number of pyridine rings is 1. The van der Waals surface area contributed by atoms with E-state index < -0.39 is 0 Å². The zero-order valence-electron chi connectivity index (χ0n) is 13.0. The van der Waals surface area contributed by atoms with Crippen LogP contribution < -0.4 is 11.1 Å². The van der Waals surface area contributed by atoms with Gasteiger partial charge in [0.1, 0.15) is 5.82 Å². The van der Waals surface area contributed by atoms with E-state index in [1.165, 1.54) is 0 Å². The second-order valence-electron chi connectivity index (χ2n) is 5.87. The molecule has 1 atom stereocenters. The van der Waals surface area contributed by atoms with Crippen molar-refractivity contribution in [2.24, 2.45) is 0 Å². The monoisotopic (exact) mass is 302 g/mol. The topological polar surface area (TPSA) is 100 Å². The normalized spacial score (nSPS) is 19.0. The number of aliphatic hydroxyl groups is 1. The third-order valence-electron chi connectivity index (χ3n) is 4.04. The van der Waals surface area contributed by atoms with Crippen LogP contribution in [0.2, 0.25) is 0 Å². The summed E-state index contributed by atoms with van der Waals surface area (Å²) in [6, 6.07) is 2.26. The smallest absolute Gasteiger partial charge is 0.226 e. The van der Waals surface area contributed by atoms with Crippen molar-refractivity contribution >= 4 is 22.8 Å². The van der Waals surface area contributed by atoms with E-state index in [1.807, 2.05) is 19.9 Å². The number of aliphatic hydroxyl groups excluding tert-OH is 1. The summed E-state index contributed by atoms with van der Waals surface area (Å²) < 4.78 is 0. The van der Waals surface area contributed by atoms with E-state index in [0.717, 1.165) is 36.2 Å². The Labute approximate surface area is 129 Å². The van der Waals surface area contributed by atoms with Crippen LogP contribution in [0.25, 0.3) is 11.0 Å². The van der Waals surface area contributed by atoms with E-state index in [0.29, 0.717) is 24.0 Å². The first kappa shape index (κ1) is 14.9. The van der Waals surface area contributed by atoms with E-state index in [2.05, 4.69) is 25.2 Å². The van der Waals surface area contributed by atoms with Gasteiger partial charge in [-0.1, -0.05) is 0 Å². The molecule has 0 aromatic carbocycles. The minimum absolute atomic E-state index is 0.189. The number of likely N-dealkylation sites (tertiary alicyclic amines) is 1. The molecule has 1 saturated heterocycles. The largest absolute Gasteiger partial charge is 0.395 e. The van der Waals surface area contributed by atoms with Gasteiger partial charge in [-0.3, -0.25) is 4.90 Å². The van der Waals surface area contributed by atoms with Gasteiger partial charge in [-0.2, -0.15) is 9.97 Å². The lowest BCUT2D eigenvalue weighted by Crippen LogP contribution is -2.29. The van der Waals surface area contributed by atoms with Crippen LogP contribution in [-0.4, -0.2) is 57.2 Å². The van der Waals surface area contributed by atoms with Crippen molar-refractivity contribution < 1.29 is 5.11 Å². The molecule has 0 amide bonds. The van der Waals surface area contributed by atoms with Gasteiger partial charge in [0.25, 0.3) is 0 Å². The number of rotatable bonds is 4. The van der Waals surface area contributed by atoms with Crippen molar-refractivity contribution in [1.29, 1.82) is 0 Å². The fourth-order valence-electron chi connectivity index (χ4n) is 3.05. The SMILES string of the molecule is Cc1cc(C)c2c(N)nc(N[C@@H]3CCN(CCO)C3)nc2n1. The molecule has 118 valence electrons. The maximum Gasteiger partial charge on any atom is 0.226 e. The zero-order chi connectivity index (χ0) is 15.7. The number of nitrogens with zero attached hydrogens (tertiary/aromatic N) is 4. The van der Waals surface area contributed by atoms with Crippen LogP contribution in [-0.2, 0) is 0 Å². The van der Waals surface area contributed by atoms with Crippen molar-refractivity contribution in [1.82, 2.24) is 19.9 Å². The highest BCUT2D eigenvalue weighted by atomic mass is 16.3. The molecule has 0 unspecified atom stereocenters. The van der Waals surface area contributed by atoms with Crippen LogP contribution >= 0.6 is 0 Å². The molecule has 1 fully saturated rings. The van der Waals surface area contributed by atoms with Crippen LogP contribution in [0.15, 0.2) is 6.07 Å². The predicted molar refractivity (Wildman–Crippen MR) is 86.8 cm³/mol. The molecule has 0 bridgehead atoms. The van der Waals surface area contributed by atoms with Crippen molar-refractivity contribution in [2.45, 2.75) is 26.3 Å². The van der Waals surface area contributed by atoms with E-state index in [4.69, 9.17) is 10.8 Å². The standard InChI is InChI=1S/C15H22N6O/c1-9-7-10(2)17-14-12(9)13(16)19-15(20-14)18-11-3-4-21(8-11)5-6-22/h7,11,22H,3-6,8H2,1-2H3,(H3,16,17,18,19,20)/t11-/m1/s1. The minimum atomic E-state index is 0.189. The Balaban J connectivity index is 1.83. The Morgan fingerprint density at radius 1 is 1.36 bits per heavy atom. The third-order valence-corrected chi connectivity index (χ3v) is 4.04. The molecule has 1 aliphatic rings. The number of nitrogens with one attached hydrogen (secondary N) is 1. The maximum absolute atomic E-state index is 9.00. The number of aryl methyl sites for hydroxylation is 2. The van der Waals surface area contributed by atoms with Crippen LogP contribution in [0, 0.1) is 13.8 Å². The highest BCUT2D eigenvalue weighted by Gasteiger charge is 2.23. The van der Waals surface area contributed by atoms with Crippen molar-refractivity contribution in [3.8, 4) is 0 Å². The molecule has 1 aliphatic heterocycles. The molecule has 4 N–H and O–H groups in total. The van der Waals surface area contributed by atoms with E-state index in [-0.39, 0.29) is 12.6 Å². The molecular weight excluding hydrogens is 280 g/mol. The molecule has 22 heavy (non-hydrogen) atoms. The summed E-state index contributed by atoms with van der Waals surface area (Å²) in [7, 11) is 0. The van der Waals surface area contributed by atoms with E-state index in [9.17, 15) is 0 Å². The first-order chi connectivity index (χ1) is 10.6. The summed E-state index contributed by atoms with van der Waals surface area (Å²) in [6.45, 7) is 6.68. The minimum Gasteiger partial charge on any atom is -0.395 e. The molecular formula is C15H22N6O. The predicted octanol–water partition coefficient (Wildman–Crippen LogP) is 0.702. The number of fused-ring (bicyclic) bond motifs is 1. The molecule has 0 radical (unpaired) electrons. The number of hydrogen-bond donors (Lipinski definition) is 3. The highest BCUT2D eigenvalue weighted by molar-refractivity contribution is 5.89. The van der Waals surface area contributed by atoms with E-state index >= 15 is 0 Å². The molecule has 3 heterocycles. The van der Waals surface area contributed by atoms with Crippen LogP contribution in [0.3, 0.4) is 0 Å². The Morgan fingerprint density at radius 3 is 2.95 bits per heavy atom. The second kappa shape index (κ2) is 6.02. The highest BCUT2D eigenvalue weighted by Crippen LogP contribution is 2.23. The van der Waals surface area contributed by atoms with Gasteiger partial charge >= 0.3 is 0 Å². The molecule has 3 rings (SSSR count). The van der Waals surface area contributed by atoms with Crippen molar-refractivity contribution in [3.63, 3.8) is 0 Å². The average Bonchev–Trinajstić information content (AvgIpc) is 2.85. The lowest BCUT2D eigenvalue weighted by Gasteiger charge is -2.16. The number of nitrogen functional groups attached to an aromatic ring is 1. The van der Waals surface area contributed by atoms with Gasteiger partial charge in [-0.15, -0.1) is 0 Å². The van der Waals surface area contributed by atoms with Gasteiger partial charge in [0.15, 0.2) is 5.65 Å². The molecule has 7 heteroatoms. The Morgan fingerprint density at radius 2 is 2.18 bits per heavy atom. The maximum atomic E-state index is 9.00. The van der Waals surface area contributed by atoms with Crippen LogP contribution in [0.1, 0.15) is 17.7 Å². The van der Waals surface area contributed by atoms with Gasteiger partial charge in [-0.05, 0) is 31.9 Å². The summed E-state index contributed by atoms with van der Waals surface area (Å²) in [5.41, 5.74) is 8.68. The summed E-state index contributed by atoms with van der Waals surface area (Å²) in [5, 5.41) is 13.2. The van der Waals surface area contributed by atoms with Gasteiger partial charge in [0, 0.05) is 31.4 Å². The van der Waals surface area contributed by atoms with Gasteiger partial charge in [-0.25, -0.2) is 4.98 Å². The molecule has 2 aromatic heterocycles.